The Bertz CT molecular complexity index is 874. The molecule has 26 heavy (non-hydrogen) atoms. The molecule has 0 atom stereocenters. The number of hydrogen-bond acceptors (Lipinski definition) is 5. The van der Waals surface area contributed by atoms with Gasteiger partial charge in [-0.2, -0.15) is 8.78 Å². The van der Waals surface area contributed by atoms with Crippen LogP contribution in [-0.2, 0) is 4.79 Å². The van der Waals surface area contributed by atoms with Gasteiger partial charge in [0.2, 0.25) is 11.1 Å². The first-order chi connectivity index (χ1) is 12.6. The van der Waals surface area contributed by atoms with Crippen molar-refractivity contribution < 1.29 is 13.6 Å². The number of carbonyl (C=O) groups is 1. The molecule has 3 aromatic rings. The van der Waals surface area contributed by atoms with Crippen molar-refractivity contribution >= 4 is 35.1 Å². The molecule has 0 saturated carbocycles. The van der Waals surface area contributed by atoms with E-state index in [1.807, 2.05) is 30.3 Å². The molecule has 1 aromatic heterocycles. The second-order valence-corrected chi connectivity index (χ2v) is 6.99. The fourth-order valence-electron chi connectivity index (χ4n) is 2.10. The van der Waals surface area contributed by atoms with E-state index in [0.29, 0.717) is 27.5 Å². The fraction of sp³-hybridized carbons (Fsp3) is 0.118. The van der Waals surface area contributed by atoms with Crippen LogP contribution in [0.25, 0.3) is 5.69 Å². The maximum absolute atomic E-state index is 12.6. The molecule has 0 spiro atoms. The highest BCUT2D eigenvalue weighted by Gasteiger charge is 2.13. The fourth-order valence-corrected chi connectivity index (χ4v) is 3.30. The van der Waals surface area contributed by atoms with E-state index in [1.54, 1.807) is 35.3 Å². The number of halogens is 2. The summed E-state index contributed by atoms with van der Waals surface area (Å²) in [6.07, 6.45) is 1.57. The van der Waals surface area contributed by atoms with Gasteiger partial charge in [0, 0.05) is 4.90 Å². The summed E-state index contributed by atoms with van der Waals surface area (Å²) in [7, 11) is 0. The molecule has 3 rings (SSSR count). The Morgan fingerprint density at radius 3 is 2.62 bits per heavy atom. The third-order valence-electron chi connectivity index (χ3n) is 3.20. The highest BCUT2D eigenvalue weighted by molar-refractivity contribution is 8.00. The standard InChI is InChI=1S/C17H14F2N4OS2/c18-16(19)26-14-9-5-4-8-13(14)21-15(24)10-25-17-20-11-23(22-17)12-6-2-1-3-7-12/h1-9,11,16H,10H2,(H,21,24). The van der Waals surface area contributed by atoms with E-state index < -0.39 is 5.76 Å². The molecule has 0 bridgehead atoms. The SMILES string of the molecule is O=C(CSc1ncn(-c2ccccc2)n1)Nc1ccccc1SC(F)F. The summed E-state index contributed by atoms with van der Waals surface area (Å²) in [5, 5.41) is 7.41. The van der Waals surface area contributed by atoms with Crippen molar-refractivity contribution in [1.82, 2.24) is 14.8 Å². The molecule has 0 unspecified atom stereocenters. The second kappa shape index (κ2) is 8.81. The molecule has 9 heteroatoms. The quantitative estimate of drug-likeness (QED) is 0.607. The molecule has 0 saturated heterocycles. The maximum atomic E-state index is 12.6. The van der Waals surface area contributed by atoms with E-state index in [4.69, 9.17) is 0 Å². The minimum atomic E-state index is -2.55. The molecule has 0 aliphatic heterocycles. The van der Waals surface area contributed by atoms with Crippen LogP contribution in [0.2, 0.25) is 0 Å². The van der Waals surface area contributed by atoms with E-state index in [2.05, 4.69) is 15.4 Å². The lowest BCUT2D eigenvalue weighted by atomic mass is 10.3. The van der Waals surface area contributed by atoms with E-state index >= 15 is 0 Å². The Labute approximate surface area is 157 Å². The van der Waals surface area contributed by atoms with Crippen molar-refractivity contribution in [2.45, 2.75) is 15.8 Å². The molecule has 5 nitrogen and oxygen atoms in total. The lowest BCUT2D eigenvalue weighted by Gasteiger charge is -2.09. The predicted molar refractivity (Wildman–Crippen MR) is 99.0 cm³/mol. The Kier molecular flexibility index (Phi) is 6.24. The molecule has 0 aliphatic rings. The first-order valence-electron chi connectivity index (χ1n) is 7.55. The summed E-state index contributed by atoms with van der Waals surface area (Å²) in [6.45, 7) is 0. The topological polar surface area (TPSA) is 59.8 Å². The van der Waals surface area contributed by atoms with E-state index in [9.17, 15) is 13.6 Å². The van der Waals surface area contributed by atoms with E-state index in [-0.39, 0.29) is 11.7 Å². The summed E-state index contributed by atoms with van der Waals surface area (Å²) in [4.78, 5) is 16.6. The molecule has 1 N–H and O–H groups in total. The average molecular weight is 392 g/mol. The van der Waals surface area contributed by atoms with Crippen LogP contribution in [0.3, 0.4) is 0 Å². The lowest BCUT2D eigenvalue weighted by molar-refractivity contribution is -0.113. The summed E-state index contributed by atoms with van der Waals surface area (Å²) >= 11 is 1.57. The van der Waals surface area contributed by atoms with Crippen LogP contribution in [0.5, 0.6) is 0 Å². The van der Waals surface area contributed by atoms with Crippen molar-refractivity contribution in [2.75, 3.05) is 11.1 Å². The summed E-state index contributed by atoms with van der Waals surface area (Å²) < 4.78 is 26.8. The van der Waals surface area contributed by atoms with Crippen LogP contribution in [0.1, 0.15) is 0 Å². The van der Waals surface area contributed by atoms with Gasteiger partial charge in [-0.05, 0) is 24.3 Å². The molecule has 1 heterocycles. The largest absolute Gasteiger partial charge is 0.324 e. The minimum Gasteiger partial charge on any atom is -0.324 e. The Morgan fingerprint density at radius 1 is 1.12 bits per heavy atom. The van der Waals surface area contributed by atoms with Crippen LogP contribution < -0.4 is 5.32 Å². The van der Waals surface area contributed by atoms with Crippen molar-refractivity contribution in [3.63, 3.8) is 0 Å². The van der Waals surface area contributed by atoms with Gasteiger partial charge < -0.3 is 5.32 Å². The number of thioether (sulfide) groups is 2. The van der Waals surface area contributed by atoms with Gasteiger partial charge in [-0.3, -0.25) is 4.79 Å². The van der Waals surface area contributed by atoms with Crippen LogP contribution >= 0.6 is 23.5 Å². The van der Waals surface area contributed by atoms with Gasteiger partial charge in [0.25, 0.3) is 5.76 Å². The molecular weight excluding hydrogens is 378 g/mol. The second-order valence-electron chi connectivity index (χ2n) is 5.02. The predicted octanol–water partition coefficient (Wildman–Crippen LogP) is 4.31. The van der Waals surface area contributed by atoms with Gasteiger partial charge in [-0.25, -0.2) is 9.67 Å². The molecule has 134 valence electrons. The minimum absolute atomic E-state index is 0.0759. The number of carbonyl (C=O) groups excluding carboxylic acids is 1. The third-order valence-corrected chi connectivity index (χ3v) is 4.84. The van der Waals surface area contributed by atoms with Crippen molar-refractivity contribution in [3.8, 4) is 5.69 Å². The first-order valence-corrected chi connectivity index (χ1v) is 9.42. The molecule has 1 amide bonds. The highest BCUT2D eigenvalue weighted by Crippen LogP contribution is 2.31. The van der Waals surface area contributed by atoms with Crippen molar-refractivity contribution in [1.29, 1.82) is 0 Å². The number of rotatable bonds is 7. The van der Waals surface area contributed by atoms with Crippen LogP contribution in [0, 0.1) is 0 Å². The van der Waals surface area contributed by atoms with Crippen LogP contribution in [0.4, 0.5) is 14.5 Å². The smallest absolute Gasteiger partial charge is 0.288 e. The number of hydrogen-bond donors (Lipinski definition) is 1. The number of alkyl halides is 2. The van der Waals surface area contributed by atoms with Gasteiger partial charge in [-0.15, -0.1) is 5.10 Å². The number of anilines is 1. The first kappa shape index (κ1) is 18.4. The van der Waals surface area contributed by atoms with Crippen LogP contribution in [0.15, 0.2) is 71.0 Å². The van der Waals surface area contributed by atoms with Gasteiger partial charge in [-0.1, -0.05) is 53.9 Å². The number of para-hydroxylation sites is 2. The Balaban J connectivity index is 1.58. The maximum Gasteiger partial charge on any atom is 0.288 e. The normalized spacial score (nSPS) is 10.9. The molecule has 0 fully saturated rings. The molecule has 2 aromatic carbocycles. The Morgan fingerprint density at radius 2 is 1.85 bits per heavy atom. The van der Waals surface area contributed by atoms with E-state index in [1.165, 1.54) is 11.8 Å². The van der Waals surface area contributed by atoms with Crippen LogP contribution in [-0.4, -0.2) is 32.2 Å². The van der Waals surface area contributed by atoms with Gasteiger partial charge in [0.1, 0.15) is 6.33 Å². The number of benzene rings is 2. The zero-order chi connectivity index (χ0) is 18.4. The van der Waals surface area contributed by atoms with Gasteiger partial charge in [0.15, 0.2) is 0 Å². The van der Waals surface area contributed by atoms with Gasteiger partial charge >= 0.3 is 0 Å². The summed E-state index contributed by atoms with van der Waals surface area (Å²) in [5.41, 5.74) is 1.24. The Hall–Kier alpha value is -2.39. The lowest BCUT2D eigenvalue weighted by Crippen LogP contribution is -2.14. The van der Waals surface area contributed by atoms with Gasteiger partial charge in [0.05, 0.1) is 17.1 Å². The molecular formula is C17H14F2N4OS2. The van der Waals surface area contributed by atoms with E-state index in [0.717, 1.165) is 5.69 Å². The zero-order valence-corrected chi connectivity index (χ0v) is 15.0. The molecule has 0 aliphatic carbocycles. The summed E-state index contributed by atoms with van der Waals surface area (Å²) in [6, 6.07) is 16.0. The highest BCUT2D eigenvalue weighted by atomic mass is 32.2. The monoisotopic (exact) mass is 392 g/mol. The number of nitrogens with zero attached hydrogens (tertiary/aromatic N) is 3. The molecule has 0 radical (unpaired) electrons. The number of aromatic nitrogens is 3. The third kappa shape index (κ3) is 5.06. The number of amides is 1. The average Bonchev–Trinajstić information content (AvgIpc) is 3.11. The number of nitrogens with one attached hydrogen (secondary N) is 1. The van der Waals surface area contributed by atoms with Crippen molar-refractivity contribution in [3.05, 3.63) is 60.9 Å². The zero-order valence-electron chi connectivity index (χ0n) is 13.4. The summed E-state index contributed by atoms with van der Waals surface area (Å²) in [5.74, 6) is -2.78. The van der Waals surface area contributed by atoms with Crippen molar-refractivity contribution in [2.24, 2.45) is 0 Å².